The van der Waals surface area contributed by atoms with Crippen molar-refractivity contribution in [2.45, 2.75) is 52.4 Å². The highest BCUT2D eigenvalue weighted by molar-refractivity contribution is 5.94. The summed E-state index contributed by atoms with van der Waals surface area (Å²) in [5, 5.41) is 21.7. The maximum Gasteiger partial charge on any atom is 0.289 e. The summed E-state index contributed by atoms with van der Waals surface area (Å²) in [6.45, 7) is 12.2. The first-order valence-corrected chi connectivity index (χ1v) is 10.4. The molecule has 1 aromatic heterocycles. The Balaban J connectivity index is 1.80. The molecule has 0 aliphatic carbocycles. The SMILES string of the molecule is CC(C)(C)c1cc(C=NNC(=O)c2cc(-c3ccc(F)cc3)n[nH]2)cc(C(C)(C)C)c1O. The van der Waals surface area contributed by atoms with Crippen LogP contribution in [0.15, 0.2) is 47.6 Å². The van der Waals surface area contributed by atoms with Crippen LogP contribution in [0.2, 0.25) is 0 Å². The second-order valence-corrected chi connectivity index (χ2v) is 9.84. The molecule has 0 unspecified atom stereocenters. The molecular weight excluding hydrogens is 407 g/mol. The van der Waals surface area contributed by atoms with Crippen LogP contribution in [0, 0.1) is 5.82 Å². The van der Waals surface area contributed by atoms with E-state index in [1.54, 1.807) is 24.4 Å². The van der Waals surface area contributed by atoms with Crippen LogP contribution in [0.25, 0.3) is 11.3 Å². The number of hydrogen-bond acceptors (Lipinski definition) is 4. The third-order valence-electron chi connectivity index (χ3n) is 5.09. The number of rotatable bonds is 4. The number of nitrogens with zero attached hydrogens (tertiary/aromatic N) is 2. The van der Waals surface area contributed by atoms with Crippen molar-refractivity contribution < 1.29 is 14.3 Å². The number of aromatic hydroxyl groups is 1. The highest BCUT2D eigenvalue weighted by atomic mass is 19.1. The number of phenolic OH excluding ortho intramolecular Hbond substituents is 1. The molecule has 0 saturated heterocycles. The quantitative estimate of drug-likeness (QED) is 0.384. The molecule has 0 saturated carbocycles. The van der Waals surface area contributed by atoms with Crippen molar-refractivity contribution in [2.75, 3.05) is 0 Å². The van der Waals surface area contributed by atoms with Crippen molar-refractivity contribution in [3.05, 3.63) is 70.7 Å². The molecule has 1 heterocycles. The summed E-state index contributed by atoms with van der Waals surface area (Å²) in [7, 11) is 0. The second kappa shape index (κ2) is 8.57. The third kappa shape index (κ3) is 5.22. The number of aromatic nitrogens is 2. The topological polar surface area (TPSA) is 90.4 Å². The molecule has 0 aliphatic heterocycles. The number of hydrazone groups is 1. The maximum atomic E-state index is 13.1. The highest BCUT2D eigenvalue weighted by Crippen LogP contribution is 2.39. The van der Waals surface area contributed by atoms with Gasteiger partial charge in [-0.1, -0.05) is 41.5 Å². The molecule has 3 aromatic rings. The van der Waals surface area contributed by atoms with Gasteiger partial charge in [-0.05, 0) is 58.9 Å². The van der Waals surface area contributed by atoms with Crippen LogP contribution in [0.4, 0.5) is 4.39 Å². The fourth-order valence-corrected chi connectivity index (χ4v) is 3.31. The summed E-state index contributed by atoms with van der Waals surface area (Å²) in [4.78, 5) is 12.4. The van der Waals surface area contributed by atoms with Gasteiger partial charge in [0.1, 0.15) is 17.3 Å². The van der Waals surface area contributed by atoms with Gasteiger partial charge in [0.15, 0.2) is 0 Å². The lowest BCUT2D eigenvalue weighted by atomic mass is 9.78. The predicted molar refractivity (Wildman–Crippen MR) is 125 cm³/mol. The molecule has 3 N–H and O–H groups in total. The van der Waals surface area contributed by atoms with Crippen molar-refractivity contribution in [3.8, 4) is 17.0 Å². The van der Waals surface area contributed by atoms with E-state index < -0.39 is 5.91 Å². The Morgan fingerprint density at radius 3 is 2.12 bits per heavy atom. The Labute approximate surface area is 187 Å². The normalized spacial score (nSPS) is 12.3. The average Bonchev–Trinajstić information content (AvgIpc) is 3.18. The Hall–Kier alpha value is -3.48. The van der Waals surface area contributed by atoms with Crippen molar-refractivity contribution in [1.29, 1.82) is 0 Å². The molecule has 0 fully saturated rings. The van der Waals surface area contributed by atoms with E-state index in [2.05, 4.69) is 20.7 Å². The summed E-state index contributed by atoms with van der Waals surface area (Å²) in [6.07, 6.45) is 1.55. The van der Waals surface area contributed by atoms with Crippen molar-refractivity contribution in [2.24, 2.45) is 5.10 Å². The van der Waals surface area contributed by atoms with Crippen LogP contribution < -0.4 is 5.43 Å². The van der Waals surface area contributed by atoms with Gasteiger partial charge in [0.2, 0.25) is 0 Å². The number of carbonyl (C=O) groups is 1. The number of amides is 1. The zero-order valence-corrected chi connectivity index (χ0v) is 19.2. The molecule has 0 radical (unpaired) electrons. The zero-order valence-electron chi connectivity index (χ0n) is 19.2. The van der Waals surface area contributed by atoms with Gasteiger partial charge in [-0.15, -0.1) is 0 Å². The van der Waals surface area contributed by atoms with E-state index in [0.717, 1.165) is 16.7 Å². The van der Waals surface area contributed by atoms with E-state index in [1.165, 1.54) is 12.1 Å². The maximum absolute atomic E-state index is 13.1. The Bertz CT molecular complexity index is 1110. The fourth-order valence-electron chi connectivity index (χ4n) is 3.31. The number of benzene rings is 2. The smallest absolute Gasteiger partial charge is 0.289 e. The van der Waals surface area contributed by atoms with Gasteiger partial charge in [-0.25, -0.2) is 9.82 Å². The van der Waals surface area contributed by atoms with Gasteiger partial charge >= 0.3 is 0 Å². The number of H-pyrrole nitrogens is 1. The number of carbonyl (C=O) groups excluding carboxylic acids is 1. The summed E-state index contributed by atoms with van der Waals surface area (Å²) in [6, 6.07) is 11.2. The van der Waals surface area contributed by atoms with Crippen LogP contribution in [0.5, 0.6) is 5.75 Å². The van der Waals surface area contributed by atoms with Crippen molar-refractivity contribution >= 4 is 12.1 Å². The number of hydrogen-bond donors (Lipinski definition) is 3. The molecule has 32 heavy (non-hydrogen) atoms. The van der Waals surface area contributed by atoms with Gasteiger partial charge in [-0.2, -0.15) is 10.2 Å². The Morgan fingerprint density at radius 1 is 1.03 bits per heavy atom. The van der Waals surface area contributed by atoms with Gasteiger partial charge in [0.25, 0.3) is 5.91 Å². The molecular formula is C25H29FN4O2. The van der Waals surface area contributed by atoms with E-state index in [-0.39, 0.29) is 28.1 Å². The molecule has 3 rings (SSSR count). The van der Waals surface area contributed by atoms with Crippen LogP contribution in [-0.2, 0) is 10.8 Å². The van der Waals surface area contributed by atoms with Gasteiger partial charge < -0.3 is 5.11 Å². The van der Waals surface area contributed by atoms with Crippen molar-refractivity contribution in [1.82, 2.24) is 15.6 Å². The van der Waals surface area contributed by atoms with E-state index in [9.17, 15) is 14.3 Å². The minimum absolute atomic E-state index is 0.234. The highest BCUT2D eigenvalue weighted by Gasteiger charge is 2.26. The lowest BCUT2D eigenvalue weighted by Crippen LogP contribution is -2.19. The van der Waals surface area contributed by atoms with Crippen LogP contribution >= 0.6 is 0 Å². The van der Waals surface area contributed by atoms with E-state index in [0.29, 0.717) is 11.3 Å². The molecule has 168 valence electrons. The second-order valence-electron chi connectivity index (χ2n) is 9.84. The molecule has 6 nitrogen and oxygen atoms in total. The minimum atomic E-state index is -0.451. The third-order valence-corrected chi connectivity index (χ3v) is 5.09. The lowest BCUT2D eigenvalue weighted by Gasteiger charge is -2.27. The first-order chi connectivity index (χ1) is 14.9. The van der Waals surface area contributed by atoms with E-state index in [4.69, 9.17) is 0 Å². The molecule has 2 aromatic carbocycles. The Kier molecular flexibility index (Phi) is 6.21. The first kappa shape index (κ1) is 23.2. The standard InChI is InChI=1S/C25H29FN4O2/c1-24(2,3)18-11-15(12-19(22(18)31)25(4,5)6)14-27-30-23(32)21-13-20(28-29-21)16-7-9-17(26)10-8-16/h7-14,31H,1-6H3,(H,28,29)(H,30,32). The number of phenols is 1. The number of nitrogens with one attached hydrogen (secondary N) is 2. The largest absolute Gasteiger partial charge is 0.507 e. The predicted octanol–water partition coefficient (Wildman–Crippen LogP) is 5.28. The lowest BCUT2D eigenvalue weighted by molar-refractivity contribution is 0.0950. The van der Waals surface area contributed by atoms with E-state index >= 15 is 0 Å². The average molecular weight is 437 g/mol. The number of aromatic amines is 1. The number of halogens is 1. The molecule has 7 heteroatoms. The van der Waals surface area contributed by atoms with Crippen LogP contribution in [0.3, 0.4) is 0 Å². The first-order valence-electron chi connectivity index (χ1n) is 10.4. The summed E-state index contributed by atoms with van der Waals surface area (Å²) < 4.78 is 13.1. The van der Waals surface area contributed by atoms with Gasteiger partial charge in [0, 0.05) is 16.7 Å². The minimum Gasteiger partial charge on any atom is -0.507 e. The monoisotopic (exact) mass is 436 g/mol. The van der Waals surface area contributed by atoms with Crippen LogP contribution in [-0.4, -0.2) is 27.4 Å². The van der Waals surface area contributed by atoms with Gasteiger partial charge in [-0.3, -0.25) is 9.89 Å². The zero-order chi connectivity index (χ0) is 23.7. The van der Waals surface area contributed by atoms with Crippen LogP contribution in [0.1, 0.15) is 68.7 Å². The molecule has 0 spiro atoms. The molecule has 0 aliphatic rings. The van der Waals surface area contributed by atoms with E-state index in [1.807, 2.05) is 53.7 Å². The fraction of sp³-hybridized carbons (Fsp3) is 0.320. The Morgan fingerprint density at radius 2 is 1.59 bits per heavy atom. The molecule has 0 atom stereocenters. The van der Waals surface area contributed by atoms with Gasteiger partial charge in [0.05, 0.1) is 11.9 Å². The molecule has 1 amide bonds. The molecule has 0 bridgehead atoms. The summed E-state index contributed by atoms with van der Waals surface area (Å²) >= 11 is 0. The summed E-state index contributed by atoms with van der Waals surface area (Å²) in [5.41, 5.74) is 5.83. The summed E-state index contributed by atoms with van der Waals surface area (Å²) in [5.74, 6) is -0.500. The van der Waals surface area contributed by atoms with Crippen molar-refractivity contribution in [3.63, 3.8) is 0 Å².